The Morgan fingerprint density at radius 2 is 2.00 bits per heavy atom. The van der Waals surface area contributed by atoms with Crippen LogP contribution in [-0.4, -0.2) is 35.5 Å². The van der Waals surface area contributed by atoms with Gasteiger partial charge in [-0.2, -0.15) is 0 Å². The fourth-order valence-electron chi connectivity index (χ4n) is 2.66. The summed E-state index contributed by atoms with van der Waals surface area (Å²) in [6, 6.07) is 7.94. The molecule has 0 spiro atoms. The predicted octanol–water partition coefficient (Wildman–Crippen LogP) is 4.03. The highest BCUT2D eigenvalue weighted by Crippen LogP contribution is 2.29. The number of hydrogen-bond acceptors (Lipinski definition) is 2. The molecule has 2 rings (SSSR count). The zero-order valence-electron chi connectivity index (χ0n) is 11.4. The lowest BCUT2D eigenvalue weighted by atomic mass is 9.93. The average molecular weight is 298 g/mol. The van der Waals surface area contributed by atoms with Crippen LogP contribution in [0.25, 0.3) is 0 Å². The molecule has 104 valence electrons. The van der Waals surface area contributed by atoms with Crippen molar-refractivity contribution < 1.29 is 4.79 Å². The van der Waals surface area contributed by atoms with Gasteiger partial charge >= 0.3 is 0 Å². The number of amides is 1. The second-order valence-corrected chi connectivity index (χ2v) is 6.39. The Morgan fingerprint density at radius 3 is 2.68 bits per heavy atom. The molecule has 2 nitrogen and oxygen atoms in total. The Labute approximate surface area is 124 Å². The summed E-state index contributed by atoms with van der Waals surface area (Å²) < 4.78 is 0. The van der Waals surface area contributed by atoms with Crippen LogP contribution in [-0.2, 0) is 0 Å². The monoisotopic (exact) mass is 297 g/mol. The third kappa shape index (κ3) is 3.26. The number of hydrogen-bond donors (Lipinski definition) is 0. The first kappa shape index (κ1) is 14.7. The maximum absolute atomic E-state index is 12.6. The third-order valence-electron chi connectivity index (χ3n) is 3.80. The van der Waals surface area contributed by atoms with E-state index in [9.17, 15) is 4.79 Å². The molecule has 0 saturated heterocycles. The fourth-order valence-corrected chi connectivity index (χ4v) is 3.70. The molecule has 1 saturated carbocycles. The lowest BCUT2D eigenvalue weighted by Gasteiger charge is -2.35. The molecule has 0 bridgehead atoms. The fraction of sp³-hybridized carbons (Fsp3) is 0.533. The van der Waals surface area contributed by atoms with Gasteiger partial charge in [0, 0.05) is 18.0 Å². The van der Waals surface area contributed by atoms with Crippen LogP contribution in [0.5, 0.6) is 0 Å². The van der Waals surface area contributed by atoms with Gasteiger partial charge in [0.05, 0.1) is 10.9 Å². The number of carbonyl (C=O) groups excluding carboxylic acids is 1. The number of rotatable bonds is 3. The number of nitrogens with zero attached hydrogens (tertiary/aromatic N) is 1. The van der Waals surface area contributed by atoms with Crippen molar-refractivity contribution in [3.05, 3.63) is 29.8 Å². The Morgan fingerprint density at radius 1 is 1.32 bits per heavy atom. The molecule has 0 radical (unpaired) electrons. The number of alkyl halides is 1. The van der Waals surface area contributed by atoms with Crippen LogP contribution in [0.15, 0.2) is 29.2 Å². The maximum atomic E-state index is 12.6. The summed E-state index contributed by atoms with van der Waals surface area (Å²) in [6.07, 6.45) is 6.35. The second-order valence-electron chi connectivity index (χ2n) is 4.98. The molecule has 0 aromatic heterocycles. The standard InChI is InChI=1S/C15H20ClNOS/c1-17(13-9-5-4-8-12(13)16)15(18)11-7-3-6-10-14(11)19-2/h3,6-7,10,12-13H,4-5,8-9H2,1-2H3. The molecular weight excluding hydrogens is 278 g/mol. The van der Waals surface area contributed by atoms with Gasteiger partial charge in [0.25, 0.3) is 5.91 Å². The summed E-state index contributed by atoms with van der Waals surface area (Å²) in [4.78, 5) is 15.5. The van der Waals surface area contributed by atoms with Gasteiger partial charge in [-0.05, 0) is 31.2 Å². The molecule has 1 aromatic carbocycles. The minimum absolute atomic E-state index is 0.0856. The van der Waals surface area contributed by atoms with Gasteiger partial charge in [-0.1, -0.05) is 25.0 Å². The molecule has 1 aliphatic rings. The van der Waals surface area contributed by atoms with E-state index in [0.29, 0.717) is 0 Å². The summed E-state index contributed by atoms with van der Waals surface area (Å²) in [5.41, 5.74) is 0.784. The van der Waals surface area contributed by atoms with Crippen molar-refractivity contribution >= 4 is 29.3 Å². The van der Waals surface area contributed by atoms with Crippen LogP contribution in [0.2, 0.25) is 0 Å². The normalized spacial score (nSPS) is 23.1. The number of carbonyl (C=O) groups is 1. The van der Waals surface area contributed by atoms with Crippen LogP contribution in [0, 0.1) is 0 Å². The highest BCUT2D eigenvalue weighted by atomic mass is 35.5. The maximum Gasteiger partial charge on any atom is 0.255 e. The van der Waals surface area contributed by atoms with Gasteiger partial charge in [0.1, 0.15) is 0 Å². The van der Waals surface area contributed by atoms with Crippen molar-refractivity contribution in [1.82, 2.24) is 4.90 Å². The topological polar surface area (TPSA) is 20.3 Å². The van der Waals surface area contributed by atoms with Crippen molar-refractivity contribution in [2.45, 2.75) is 42.0 Å². The van der Waals surface area contributed by atoms with E-state index in [0.717, 1.165) is 29.7 Å². The van der Waals surface area contributed by atoms with Gasteiger partial charge in [0.15, 0.2) is 0 Å². The summed E-state index contributed by atoms with van der Waals surface area (Å²) in [5, 5.41) is 0.0872. The van der Waals surface area contributed by atoms with Crippen molar-refractivity contribution in [3.8, 4) is 0 Å². The summed E-state index contributed by atoms with van der Waals surface area (Å²) in [5.74, 6) is 0.0856. The zero-order chi connectivity index (χ0) is 13.8. The minimum atomic E-state index is 0.0856. The van der Waals surface area contributed by atoms with Crippen molar-refractivity contribution in [2.75, 3.05) is 13.3 Å². The highest BCUT2D eigenvalue weighted by Gasteiger charge is 2.30. The lowest BCUT2D eigenvalue weighted by Crippen LogP contribution is -2.44. The second kappa shape index (κ2) is 6.67. The van der Waals surface area contributed by atoms with E-state index in [2.05, 4.69) is 0 Å². The van der Waals surface area contributed by atoms with Gasteiger partial charge in [0.2, 0.25) is 0 Å². The number of halogens is 1. The van der Waals surface area contributed by atoms with Gasteiger partial charge < -0.3 is 4.90 Å². The number of benzene rings is 1. The van der Waals surface area contributed by atoms with E-state index < -0.39 is 0 Å². The Hall–Kier alpha value is -0.670. The summed E-state index contributed by atoms with van der Waals surface area (Å²) >= 11 is 7.99. The molecule has 2 atom stereocenters. The average Bonchev–Trinajstić information content (AvgIpc) is 2.46. The Balaban J connectivity index is 2.18. The first-order valence-corrected chi connectivity index (χ1v) is 8.35. The van der Waals surface area contributed by atoms with Gasteiger partial charge in [-0.15, -0.1) is 23.4 Å². The molecule has 2 unspecified atom stereocenters. The summed E-state index contributed by atoms with van der Waals surface area (Å²) in [7, 11) is 1.88. The molecule has 19 heavy (non-hydrogen) atoms. The van der Waals surface area contributed by atoms with Gasteiger partial charge in [-0.3, -0.25) is 4.79 Å². The molecule has 1 amide bonds. The van der Waals surface area contributed by atoms with Crippen LogP contribution in [0.1, 0.15) is 36.0 Å². The van der Waals surface area contributed by atoms with Crippen LogP contribution >= 0.6 is 23.4 Å². The van der Waals surface area contributed by atoms with E-state index in [-0.39, 0.29) is 17.3 Å². The SMILES string of the molecule is CSc1ccccc1C(=O)N(C)C1CCCCC1Cl. The van der Waals surface area contributed by atoms with Crippen molar-refractivity contribution in [1.29, 1.82) is 0 Å². The van der Waals surface area contributed by atoms with Crippen LogP contribution in [0.3, 0.4) is 0 Å². The molecule has 0 N–H and O–H groups in total. The first-order valence-electron chi connectivity index (χ1n) is 6.69. The van der Waals surface area contributed by atoms with Crippen molar-refractivity contribution in [2.24, 2.45) is 0 Å². The highest BCUT2D eigenvalue weighted by molar-refractivity contribution is 7.98. The van der Waals surface area contributed by atoms with Crippen molar-refractivity contribution in [3.63, 3.8) is 0 Å². The van der Waals surface area contributed by atoms with E-state index in [1.54, 1.807) is 11.8 Å². The van der Waals surface area contributed by atoms with Crippen LogP contribution < -0.4 is 0 Å². The molecule has 4 heteroatoms. The van der Waals surface area contributed by atoms with E-state index in [1.807, 2.05) is 42.5 Å². The molecule has 0 aliphatic heterocycles. The van der Waals surface area contributed by atoms with Crippen LogP contribution in [0.4, 0.5) is 0 Å². The summed E-state index contributed by atoms with van der Waals surface area (Å²) in [6.45, 7) is 0. The molecule has 1 fully saturated rings. The van der Waals surface area contributed by atoms with E-state index in [1.165, 1.54) is 6.42 Å². The predicted molar refractivity (Wildman–Crippen MR) is 82.2 cm³/mol. The third-order valence-corrected chi connectivity index (χ3v) is 5.11. The molecular formula is C15H20ClNOS. The minimum Gasteiger partial charge on any atom is -0.337 e. The Kier molecular flexibility index (Phi) is 5.17. The van der Waals surface area contributed by atoms with E-state index in [4.69, 9.17) is 11.6 Å². The molecule has 1 aliphatic carbocycles. The number of thioether (sulfide) groups is 1. The largest absolute Gasteiger partial charge is 0.337 e. The zero-order valence-corrected chi connectivity index (χ0v) is 13.0. The quantitative estimate of drug-likeness (QED) is 0.620. The smallest absolute Gasteiger partial charge is 0.255 e. The molecule has 1 aromatic rings. The Bertz CT molecular complexity index is 452. The van der Waals surface area contributed by atoms with E-state index >= 15 is 0 Å². The van der Waals surface area contributed by atoms with Gasteiger partial charge in [-0.25, -0.2) is 0 Å². The first-order chi connectivity index (χ1) is 9.15. The molecule has 0 heterocycles. The lowest BCUT2D eigenvalue weighted by molar-refractivity contribution is 0.0697.